The lowest BCUT2D eigenvalue weighted by Gasteiger charge is -2.48. The van der Waals surface area contributed by atoms with Crippen molar-refractivity contribution in [1.82, 2.24) is 19.7 Å². The number of hydrogen-bond donors (Lipinski definition) is 1. The fraction of sp³-hybridized carbons (Fsp3) is 0.625. The smallest absolute Gasteiger partial charge is 0.0746 e. The quantitative estimate of drug-likeness (QED) is 0.813. The van der Waals surface area contributed by atoms with Crippen LogP contribution >= 0.6 is 0 Å². The lowest BCUT2D eigenvalue weighted by atomic mass is 9.97. The van der Waals surface area contributed by atoms with Crippen molar-refractivity contribution in [3.05, 3.63) is 42.1 Å². The first-order valence-electron chi connectivity index (χ1n) is 11.3. The van der Waals surface area contributed by atoms with Crippen LogP contribution in [0.3, 0.4) is 0 Å². The minimum atomic E-state index is 0.273. The van der Waals surface area contributed by atoms with E-state index >= 15 is 0 Å². The molecular weight excluding hydrogens is 360 g/mol. The van der Waals surface area contributed by atoms with Gasteiger partial charge in [0, 0.05) is 62.5 Å². The van der Waals surface area contributed by atoms with Crippen LogP contribution < -0.4 is 0 Å². The molecule has 1 aromatic heterocycles. The Bertz CT molecular complexity index is 782. The SMILES string of the molecule is CC(C)N1CCC(N2CCN(Cc3cccc4cccnc34)CC2CCO)CC1. The van der Waals surface area contributed by atoms with Crippen LogP contribution in [0, 0.1) is 0 Å². The van der Waals surface area contributed by atoms with Gasteiger partial charge in [0.15, 0.2) is 0 Å². The molecule has 1 atom stereocenters. The summed E-state index contributed by atoms with van der Waals surface area (Å²) in [6.45, 7) is 11.5. The van der Waals surface area contributed by atoms with E-state index in [1.807, 2.05) is 12.3 Å². The van der Waals surface area contributed by atoms with Crippen LogP contribution in [0.2, 0.25) is 0 Å². The summed E-state index contributed by atoms with van der Waals surface area (Å²) in [4.78, 5) is 12.5. The highest BCUT2D eigenvalue weighted by Gasteiger charge is 2.33. The molecule has 0 radical (unpaired) electrons. The van der Waals surface area contributed by atoms with Crippen molar-refractivity contribution < 1.29 is 5.11 Å². The van der Waals surface area contributed by atoms with Gasteiger partial charge in [0.1, 0.15) is 0 Å². The van der Waals surface area contributed by atoms with Gasteiger partial charge < -0.3 is 10.0 Å². The molecule has 0 amide bonds. The lowest BCUT2D eigenvalue weighted by Crippen LogP contribution is -2.58. The van der Waals surface area contributed by atoms with Gasteiger partial charge in [-0.1, -0.05) is 24.3 Å². The highest BCUT2D eigenvalue weighted by Crippen LogP contribution is 2.26. The number of fused-ring (bicyclic) bond motifs is 1. The first-order chi connectivity index (χ1) is 14.2. The standard InChI is InChI=1S/C24H36N4O/c1-19(2)27-12-8-22(9-13-27)28-15-14-26(18-23(28)10-16-29)17-21-6-3-5-20-7-4-11-25-24(20)21/h3-7,11,19,22-23,29H,8-10,12-18H2,1-2H3. The Morgan fingerprint density at radius 2 is 1.86 bits per heavy atom. The predicted molar refractivity (Wildman–Crippen MR) is 119 cm³/mol. The molecule has 5 heteroatoms. The monoisotopic (exact) mass is 396 g/mol. The molecule has 5 nitrogen and oxygen atoms in total. The minimum Gasteiger partial charge on any atom is -0.396 e. The summed E-state index contributed by atoms with van der Waals surface area (Å²) >= 11 is 0. The summed E-state index contributed by atoms with van der Waals surface area (Å²) in [5, 5.41) is 10.9. The first-order valence-corrected chi connectivity index (χ1v) is 11.3. The van der Waals surface area contributed by atoms with Crippen molar-refractivity contribution in [3.63, 3.8) is 0 Å². The van der Waals surface area contributed by atoms with E-state index in [9.17, 15) is 5.11 Å². The molecule has 29 heavy (non-hydrogen) atoms. The Hall–Kier alpha value is -1.53. The molecule has 2 aliphatic heterocycles. The van der Waals surface area contributed by atoms with Crippen LogP contribution in [-0.4, -0.2) is 82.2 Å². The summed E-state index contributed by atoms with van der Waals surface area (Å²) in [6, 6.07) is 12.4. The summed E-state index contributed by atoms with van der Waals surface area (Å²) in [5.74, 6) is 0. The Labute approximate surface area is 175 Å². The number of pyridine rings is 1. The first kappa shape index (κ1) is 20.7. The van der Waals surface area contributed by atoms with E-state index in [0.717, 1.165) is 38.1 Å². The third kappa shape index (κ3) is 4.80. The number of hydrogen-bond acceptors (Lipinski definition) is 5. The van der Waals surface area contributed by atoms with E-state index in [4.69, 9.17) is 0 Å². The maximum Gasteiger partial charge on any atom is 0.0746 e. The Kier molecular flexibility index (Phi) is 6.81. The van der Waals surface area contributed by atoms with Crippen LogP contribution in [0.15, 0.2) is 36.5 Å². The molecule has 2 saturated heterocycles. The molecule has 0 aliphatic carbocycles. The van der Waals surface area contributed by atoms with Gasteiger partial charge in [-0.3, -0.25) is 14.8 Å². The van der Waals surface area contributed by atoms with E-state index in [1.54, 1.807) is 0 Å². The Balaban J connectivity index is 1.41. The van der Waals surface area contributed by atoms with Crippen LogP contribution in [0.25, 0.3) is 10.9 Å². The van der Waals surface area contributed by atoms with Gasteiger partial charge in [0.2, 0.25) is 0 Å². The third-order valence-corrected chi connectivity index (χ3v) is 6.88. The predicted octanol–water partition coefficient (Wildman–Crippen LogP) is 2.98. The van der Waals surface area contributed by atoms with E-state index < -0.39 is 0 Å². The molecule has 0 saturated carbocycles. The largest absolute Gasteiger partial charge is 0.396 e. The van der Waals surface area contributed by atoms with Crippen molar-refractivity contribution >= 4 is 10.9 Å². The van der Waals surface area contributed by atoms with Gasteiger partial charge in [-0.2, -0.15) is 0 Å². The van der Waals surface area contributed by atoms with E-state index in [-0.39, 0.29) is 6.61 Å². The van der Waals surface area contributed by atoms with Crippen LogP contribution in [0.5, 0.6) is 0 Å². The zero-order valence-corrected chi connectivity index (χ0v) is 18.0. The van der Waals surface area contributed by atoms with E-state index in [2.05, 4.69) is 57.8 Å². The normalized spacial score (nSPS) is 23.2. The van der Waals surface area contributed by atoms with Crippen molar-refractivity contribution in [2.75, 3.05) is 39.3 Å². The van der Waals surface area contributed by atoms with Gasteiger partial charge in [0.25, 0.3) is 0 Å². The number of piperidine rings is 1. The highest BCUT2D eigenvalue weighted by molar-refractivity contribution is 5.81. The maximum absolute atomic E-state index is 9.70. The number of aliphatic hydroxyl groups is 1. The average Bonchev–Trinajstić information content (AvgIpc) is 2.75. The number of benzene rings is 1. The molecule has 2 aliphatic rings. The fourth-order valence-corrected chi connectivity index (χ4v) is 5.23. The molecule has 1 unspecified atom stereocenters. The topological polar surface area (TPSA) is 42.8 Å². The molecule has 1 N–H and O–H groups in total. The van der Waals surface area contributed by atoms with Crippen molar-refractivity contribution in [2.24, 2.45) is 0 Å². The number of likely N-dealkylation sites (tertiary alicyclic amines) is 1. The van der Waals surface area contributed by atoms with Crippen LogP contribution in [0.1, 0.15) is 38.7 Å². The maximum atomic E-state index is 9.70. The molecule has 2 fully saturated rings. The summed E-state index contributed by atoms with van der Waals surface area (Å²) < 4.78 is 0. The summed E-state index contributed by atoms with van der Waals surface area (Å²) in [6.07, 6.45) is 5.28. The molecule has 158 valence electrons. The second-order valence-electron chi connectivity index (χ2n) is 8.99. The molecule has 0 bridgehead atoms. The minimum absolute atomic E-state index is 0.273. The van der Waals surface area contributed by atoms with Gasteiger partial charge >= 0.3 is 0 Å². The molecule has 3 heterocycles. The van der Waals surface area contributed by atoms with E-state index in [0.29, 0.717) is 18.1 Å². The van der Waals surface area contributed by atoms with Gasteiger partial charge in [-0.15, -0.1) is 0 Å². The number of piperazine rings is 1. The number of rotatable bonds is 6. The van der Waals surface area contributed by atoms with Crippen LogP contribution in [0.4, 0.5) is 0 Å². The molecule has 2 aromatic rings. The second-order valence-corrected chi connectivity index (χ2v) is 8.99. The lowest BCUT2D eigenvalue weighted by molar-refractivity contribution is 0.0000618. The molecular formula is C24H36N4O. The number of nitrogens with zero attached hydrogens (tertiary/aromatic N) is 4. The Morgan fingerprint density at radius 3 is 2.62 bits per heavy atom. The zero-order chi connectivity index (χ0) is 20.2. The molecule has 0 spiro atoms. The number of aliphatic hydroxyl groups excluding tert-OH is 1. The van der Waals surface area contributed by atoms with Crippen molar-refractivity contribution in [1.29, 1.82) is 0 Å². The number of para-hydroxylation sites is 1. The second kappa shape index (κ2) is 9.52. The van der Waals surface area contributed by atoms with Crippen molar-refractivity contribution in [2.45, 2.75) is 57.8 Å². The Morgan fingerprint density at radius 1 is 1.07 bits per heavy atom. The van der Waals surface area contributed by atoms with Crippen molar-refractivity contribution in [3.8, 4) is 0 Å². The summed E-state index contributed by atoms with van der Waals surface area (Å²) in [5.41, 5.74) is 2.43. The zero-order valence-electron chi connectivity index (χ0n) is 18.0. The number of aromatic nitrogens is 1. The van der Waals surface area contributed by atoms with Gasteiger partial charge in [-0.25, -0.2) is 0 Å². The van der Waals surface area contributed by atoms with Gasteiger partial charge in [-0.05, 0) is 57.8 Å². The molecule has 1 aromatic carbocycles. The van der Waals surface area contributed by atoms with Gasteiger partial charge in [0.05, 0.1) is 5.52 Å². The third-order valence-electron chi connectivity index (χ3n) is 6.88. The summed E-state index contributed by atoms with van der Waals surface area (Å²) in [7, 11) is 0. The highest BCUT2D eigenvalue weighted by atomic mass is 16.3. The van der Waals surface area contributed by atoms with Crippen LogP contribution in [-0.2, 0) is 6.54 Å². The molecule has 4 rings (SSSR count). The average molecular weight is 397 g/mol. The fourth-order valence-electron chi connectivity index (χ4n) is 5.23. The van der Waals surface area contributed by atoms with E-state index in [1.165, 1.54) is 36.9 Å².